The molecule has 1 aromatic rings. The fourth-order valence-corrected chi connectivity index (χ4v) is 1.80. The molecule has 15 heavy (non-hydrogen) atoms. The normalized spacial score (nSPS) is 12.3. The minimum atomic E-state index is 0.0504. The zero-order valence-corrected chi connectivity index (χ0v) is 11.9. The highest BCUT2D eigenvalue weighted by Crippen LogP contribution is 2.13. The average molecular weight is 335 g/mol. The average Bonchev–Trinajstić information content (AvgIpc) is 2.27. The fraction of sp³-hybridized carbons (Fsp3) is 0.364. The number of rotatable bonds is 3. The third-order valence-electron chi connectivity index (χ3n) is 2.30. The molecular formula is C11H13Br2NO. The van der Waals surface area contributed by atoms with Gasteiger partial charge in [0, 0.05) is 28.5 Å². The van der Waals surface area contributed by atoms with Crippen molar-refractivity contribution in [1.82, 2.24) is 4.90 Å². The summed E-state index contributed by atoms with van der Waals surface area (Å²) in [6.07, 6.45) is 0. The van der Waals surface area contributed by atoms with Crippen LogP contribution in [0.3, 0.4) is 0 Å². The van der Waals surface area contributed by atoms with Gasteiger partial charge in [-0.05, 0) is 31.2 Å². The van der Waals surface area contributed by atoms with Crippen LogP contribution in [0, 0.1) is 0 Å². The van der Waals surface area contributed by atoms with Crippen LogP contribution in [0.2, 0.25) is 0 Å². The van der Waals surface area contributed by atoms with Gasteiger partial charge in [-0.1, -0.05) is 31.9 Å². The van der Waals surface area contributed by atoms with Gasteiger partial charge in [-0.15, -0.1) is 0 Å². The SMILES string of the molecule is CC(CBr)N(C)C(=O)c1ccc(Br)cc1. The second-order valence-corrected chi connectivity index (χ2v) is 4.99. The van der Waals surface area contributed by atoms with Crippen LogP contribution < -0.4 is 0 Å². The van der Waals surface area contributed by atoms with Crippen molar-refractivity contribution in [2.75, 3.05) is 12.4 Å². The predicted molar refractivity (Wildman–Crippen MR) is 69.5 cm³/mol. The van der Waals surface area contributed by atoms with Crippen molar-refractivity contribution in [3.63, 3.8) is 0 Å². The van der Waals surface area contributed by atoms with Crippen LogP contribution in [0.1, 0.15) is 17.3 Å². The van der Waals surface area contributed by atoms with Gasteiger partial charge in [0.25, 0.3) is 5.91 Å². The van der Waals surface area contributed by atoms with Gasteiger partial charge in [0.2, 0.25) is 0 Å². The van der Waals surface area contributed by atoms with Gasteiger partial charge in [-0.3, -0.25) is 4.79 Å². The van der Waals surface area contributed by atoms with Crippen LogP contribution in [0.15, 0.2) is 28.7 Å². The number of carbonyl (C=O) groups is 1. The number of halogens is 2. The smallest absolute Gasteiger partial charge is 0.253 e. The molecule has 0 fully saturated rings. The predicted octanol–water partition coefficient (Wildman–Crippen LogP) is 3.30. The van der Waals surface area contributed by atoms with Gasteiger partial charge in [0.05, 0.1) is 0 Å². The number of nitrogens with zero attached hydrogens (tertiary/aromatic N) is 1. The van der Waals surface area contributed by atoms with E-state index in [4.69, 9.17) is 0 Å². The molecule has 1 amide bonds. The molecule has 0 spiro atoms. The van der Waals surface area contributed by atoms with E-state index in [0.717, 1.165) is 9.80 Å². The third kappa shape index (κ3) is 3.31. The maximum atomic E-state index is 11.9. The first-order valence-electron chi connectivity index (χ1n) is 4.65. The zero-order chi connectivity index (χ0) is 11.4. The van der Waals surface area contributed by atoms with Gasteiger partial charge in [0.15, 0.2) is 0 Å². The maximum absolute atomic E-state index is 11.9. The molecule has 0 N–H and O–H groups in total. The topological polar surface area (TPSA) is 20.3 Å². The van der Waals surface area contributed by atoms with Gasteiger partial charge >= 0.3 is 0 Å². The zero-order valence-electron chi connectivity index (χ0n) is 8.71. The Labute approximate surface area is 107 Å². The van der Waals surface area contributed by atoms with E-state index in [1.54, 1.807) is 4.90 Å². The summed E-state index contributed by atoms with van der Waals surface area (Å²) in [5.41, 5.74) is 0.716. The first-order chi connectivity index (χ1) is 7.06. The number of carbonyl (C=O) groups excluding carboxylic acids is 1. The summed E-state index contributed by atoms with van der Waals surface area (Å²) >= 11 is 6.71. The molecule has 1 aromatic carbocycles. The molecule has 1 unspecified atom stereocenters. The Bertz CT molecular complexity index is 337. The van der Waals surface area contributed by atoms with Gasteiger partial charge in [0.1, 0.15) is 0 Å². The first kappa shape index (κ1) is 12.7. The summed E-state index contributed by atoms with van der Waals surface area (Å²) in [7, 11) is 1.82. The minimum absolute atomic E-state index is 0.0504. The molecule has 2 nitrogen and oxygen atoms in total. The van der Waals surface area contributed by atoms with Crippen molar-refractivity contribution in [2.24, 2.45) is 0 Å². The van der Waals surface area contributed by atoms with Crippen molar-refractivity contribution < 1.29 is 4.79 Å². The minimum Gasteiger partial charge on any atom is -0.338 e. The number of amides is 1. The molecule has 0 bridgehead atoms. The Morgan fingerprint density at radius 1 is 1.40 bits per heavy atom. The molecule has 0 radical (unpaired) electrons. The number of benzene rings is 1. The van der Waals surface area contributed by atoms with E-state index in [1.807, 2.05) is 38.2 Å². The van der Waals surface area contributed by atoms with Crippen molar-refractivity contribution in [3.8, 4) is 0 Å². The van der Waals surface area contributed by atoms with Crippen molar-refractivity contribution >= 4 is 37.8 Å². The van der Waals surface area contributed by atoms with E-state index < -0.39 is 0 Å². The lowest BCUT2D eigenvalue weighted by Gasteiger charge is -2.23. The molecule has 0 aliphatic rings. The Morgan fingerprint density at radius 3 is 2.40 bits per heavy atom. The van der Waals surface area contributed by atoms with Crippen LogP contribution in [0.5, 0.6) is 0 Å². The molecule has 0 saturated heterocycles. The van der Waals surface area contributed by atoms with E-state index in [0.29, 0.717) is 5.56 Å². The van der Waals surface area contributed by atoms with Crippen LogP contribution in [-0.2, 0) is 0 Å². The summed E-state index contributed by atoms with van der Waals surface area (Å²) in [5.74, 6) is 0.0504. The molecule has 0 aliphatic heterocycles. The second-order valence-electron chi connectivity index (χ2n) is 3.43. The second kappa shape index (κ2) is 5.66. The number of hydrogen-bond acceptors (Lipinski definition) is 1. The van der Waals surface area contributed by atoms with Crippen LogP contribution in [-0.4, -0.2) is 29.2 Å². The van der Waals surface area contributed by atoms with Gasteiger partial charge < -0.3 is 4.90 Å². The molecule has 0 saturated carbocycles. The summed E-state index contributed by atoms with van der Waals surface area (Å²) in [6, 6.07) is 7.59. The standard InChI is InChI=1S/C11H13Br2NO/c1-8(7-12)14(2)11(15)9-3-5-10(13)6-4-9/h3-6,8H,7H2,1-2H3. The Balaban J connectivity index is 2.80. The van der Waals surface area contributed by atoms with Gasteiger partial charge in [-0.25, -0.2) is 0 Å². The monoisotopic (exact) mass is 333 g/mol. The highest BCUT2D eigenvalue weighted by molar-refractivity contribution is 9.10. The van der Waals surface area contributed by atoms with Crippen molar-refractivity contribution in [2.45, 2.75) is 13.0 Å². The molecule has 1 atom stereocenters. The highest BCUT2D eigenvalue weighted by atomic mass is 79.9. The van der Waals surface area contributed by atoms with Crippen molar-refractivity contribution in [3.05, 3.63) is 34.3 Å². The maximum Gasteiger partial charge on any atom is 0.253 e. The van der Waals surface area contributed by atoms with Gasteiger partial charge in [-0.2, -0.15) is 0 Å². The van der Waals surface area contributed by atoms with E-state index in [9.17, 15) is 4.79 Å². The van der Waals surface area contributed by atoms with Crippen molar-refractivity contribution in [1.29, 1.82) is 0 Å². The highest BCUT2D eigenvalue weighted by Gasteiger charge is 2.15. The lowest BCUT2D eigenvalue weighted by Crippen LogP contribution is -2.35. The summed E-state index contributed by atoms with van der Waals surface area (Å²) in [5, 5.41) is 0.784. The number of alkyl halides is 1. The molecule has 1 rings (SSSR count). The Hall–Kier alpha value is -0.350. The molecular weight excluding hydrogens is 322 g/mol. The molecule has 0 aliphatic carbocycles. The summed E-state index contributed by atoms with van der Waals surface area (Å²) in [4.78, 5) is 13.7. The van der Waals surface area contributed by atoms with Crippen LogP contribution in [0.4, 0.5) is 0 Å². The lowest BCUT2D eigenvalue weighted by atomic mass is 10.2. The summed E-state index contributed by atoms with van der Waals surface area (Å²) in [6.45, 7) is 2.01. The molecule has 0 aromatic heterocycles. The van der Waals surface area contributed by atoms with Crippen LogP contribution >= 0.6 is 31.9 Å². The van der Waals surface area contributed by atoms with Crippen LogP contribution in [0.25, 0.3) is 0 Å². The fourth-order valence-electron chi connectivity index (χ4n) is 1.10. The quantitative estimate of drug-likeness (QED) is 0.777. The number of hydrogen-bond donors (Lipinski definition) is 0. The Kier molecular flexibility index (Phi) is 4.80. The Morgan fingerprint density at radius 2 is 1.93 bits per heavy atom. The first-order valence-corrected chi connectivity index (χ1v) is 6.56. The molecule has 82 valence electrons. The lowest BCUT2D eigenvalue weighted by molar-refractivity contribution is 0.0758. The van der Waals surface area contributed by atoms with E-state index >= 15 is 0 Å². The van der Waals surface area contributed by atoms with E-state index in [-0.39, 0.29) is 11.9 Å². The summed E-state index contributed by atoms with van der Waals surface area (Å²) < 4.78 is 0.982. The molecule has 0 heterocycles. The van der Waals surface area contributed by atoms with E-state index in [2.05, 4.69) is 31.9 Å². The largest absolute Gasteiger partial charge is 0.338 e. The molecule has 4 heteroatoms. The third-order valence-corrected chi connectivity index (χ3v) is 3.76. The van der Waals surface area contributed by atoms with E-state index in [1.165, 1.54) is 0 Å².